The second kappa shape index (κ2) is 14.9. The number of rotatable bonds is 4. The van der Waals surface area contributed by atoms with Crippen molar-refractivity contribution in [3.8, 4) is 0 Å². The maximum atomic E-state index is 10.4. The van der Waals surface area contributed by atoms with Crippen molar-refractivity contribution >= 4 is 11.9 Å². The summed E-state index contributed by atoms with van der Waals surface area (Å²) in [5.74, 6) is -1.29. The minimum absolute atomic E-state index is 0.312. The van der Waals surface area contributed by atoms with E-state index in [1.165, 1.54) is 0 Å². The first-order valence-corrected chi connectivity index (χ1v) is 5.18. The van der Waals surface area contributed by atoms with Gasteiger partial charge in [0, 0.05) is 11.6 Å². The SMILES string of the molecule is C=C(C)C(=O)OCC.C=CC(=C)C.C=CC(=O)O. The van der Waals surface area contributed by atoms with Crippen LogP contribution in [0.3, 0.4) is 0 Å². The highest BCUT2D eigenvalue weighted by molar-refractivity contribution is 5.86. The van der Waals surface area contributed by atoms with E-state index in [-0.39, 0.29) is 5.97 Å². The van der Waals surface area contributed by atoms with E-state index < -0.39 is 5.97 Å². The van der Waals surface area contributed by atoms with E-state index in [4.69, 9.17) is 5.11 Å². The van der Waals surface area contributed by atoms with Crippen molar-refractivity contribution < 1.29 is 19.4 Å². The zero-order valence-corrected chi connectivity index (χ0v) is 11.4. The molecule has 4 heteroatoms. The van der Waals surface area contributed by atoms with E-state index >= 15 is 0 Å². The van der Waals surface area contributed by atoms with Crippen LogP contribution < -0.4 is 0 Å². The minimum Gasteiger partial charge on any atom is -0.478 e. The molecule has 102 valence electrons. The molecule has 0 unspecified atom stereocenters. The zero-order chi connectivity index (χ0) is 15.1. The molecule has 0 spiro atoms. The van der Waals surface area contributed by atoms with Crippen LogP contribution in [0.15, 0.2) is 49.6 Å². The fourth-order valence-corrected chi connectivity index (χ4v) is 0.254. The average Bonchev–Trinajstić information content (AvgIpc) is 2.30. The molecule has 0 saturated carbocycles. The summed E-state index contributed by atoms with van der Waals surface area (Å²) < 4.78 is 4.56. The number of esters is 1. The standard InChI is InChI=1S/C6H10O2.C5H8.C3H4O2/c1-4-8-6(7)5(2)3;1-4-5(2)3;1-2-3(4)5/h2,4H2,1,3H3;4H,1-2H2,3H3;2H,1H2,(H,4,5). The van der Waals surface area contributed by atoms with E-state index in [2.05, 4.69) is 31.1 Å². The Bertz CT molecular complexity index is 296. The molecule has 0 heterocycles. The van der Waals surface area contributed by atoms with Crippen LogP contribution in [0.2, 0.25) is 0 Å². The predicted molar refractivity (Wildman–Crippen MR) is 74.3 cm³/mol. The molecule has 4 nitrogen and oxygen atoms in total. The smallest absolute Gasteiger partial charge is 0.333 e. The quantitative estimate of drug-likeness (QED) is 0.475. The van der Waals surface area contributed by atoms with Gasteiger partial charge in [0.25, 0.3) is 0 Å². The number of carbonyl (C=O) groups is 2. The molecule has 0 amide bonds. The van der Waals surface area contributed by atoms with Crippen molar-refractivity contribution in [2.24, 2.45) is 0 Å². The second-order valence-corrected chi connectivity index (χ2v) is 3.09. The van der Waals surface area contributed by atoms with Gasteiger partial charge in [0.2, 0.25) is 0 Å². The summed E-state index contributed by atoms with van der Waals surface area (Å²) in [6.07, 6.45) is 2.56. The van der Waals surface area contributed by atoms with Crippen molar-refractivity contribution in [3.05, 3.63) is 49.6 Å². The van der Waals surface area contributed by atoms with Crippen LogP contribution in [0.25, 0.3) is 0 Å². The van der Waals surface area contributed by atoms with Gasteiger partial charge in [-0.05, 0) is 20.8 Å². The van der Waals surface area contributed by atoms with Gasteiger partial charge >= 0.3 is 11.9 Å². The monoisotopic (exact) mass is 254 g/mol. The van der Waals surface area contributed by atoms with Crippen molar-refractivity contribution in [3.63, 3.8) is 0 Å². The lowest BCUT2D eigenvalue weighted by molar-refractivity contribution is -0.138. The molecule has 0 aliphatic heterocycles. The lowest BCUT2D eigenvalue weighted by Crippen LogP contribution is -2.03. The maximum Gasteiger partial charge on any atom is 0.333 e. The number of carbonyl (C=O) groups excluding carboxylic acids is 1. The number of aliphatic carboxylic acids is 1. The highest BCUT2D eigenvalue weighted by atomic mass is 16.5. The number of hydrogen-bond donors (Lipinski definition) is 1. The van der Waals surface area contributed by atoms with Crippen molar-refractivity contribution in [1.82, 2.24) is 0 Å². The molecule has 0 aromatic heterocycles. The number of allylic oxidation sites excluding steroid dienone is 2. The molecule has 18 heavy (non-hydrogen) atoms. The van der Waals surface area contributed by atoms with E-state index in [9.17, 15) is 9.59 Å². The maximum absolute atomic E-state index is 10.4. The van der Waals surface area contributed by atoms with Crippen molar-refractivity contribution in [1.29, 1.82) is 0 Å². The van der Waals surface area contributed by atoms with Crippen LogP contribution in [-0.2, 0) is 14.3 Å². The highest BCUT2D eigenvalue weighted by Gasteiger charge is 1.98. The Morgan fingerprint density at radius 2 is 1.50 bits per heavy atom. The van der Waals surface area contributed by atoms with Gasteiger partial charge in [0.1, 0.15) is 0 Å². The molecular weight excluding hydrogens is 232 g/mol. The summed E-state index contributed by atoms with van der Waals surface area (Å²) in [6.45, 7) is 19.1. The Morgan fingerprint density at radius 3 is 1.56 bits per heavy atom. The van der Waals surface area contributed by atoms with E-state index in [0.717, 1.165) is 11.6 Å². The molecule has 0 radical (unpaired) electrons. The Balaban J connectivity index is -0.000000197. The average molecular weight is 254 g/mol. The number of carboxylic acid groups (broad SMARTS) is 1. The van der Waals surface area contributed by atoms with Gasteiger partial charge in [0.05, 0.1) is 6.61 Å². The van der Waals surface area contributed by atoms with Gasteiger partial charge in [-0.2, -0.15) is 0 Å². The van der Waals surface area contributed by atoms with Crippen molar-refractivity contribution in [2.75, 3.05) is 6.61 Å². The topological polar surface area (TPSA) is 63.6 Å². The van der Waals surface area contributed by atoms with E-state index in [1.807, 2.05) is 6.92 Å². The fraction of sp³-hybridized carbons (Fsp3) is 0.286. The first-order valence-electron chi connectivity index (χ1n) is 5.18. The molecule has 0 fully saturated rings. The van der Waals surface area contributed by atoms with Gasteiger partial charge in [-0.1, -0.05) is 38.0 Å². The third kappa shape index (κ3) is 29.2. The van der Waals surface area contributed by atoms with Crippen LogP contribution >= 0.6 is 0 Å². The predicted octanol–water partition coefficient (Wildman–Crippen LogP) is 3.13. The van der Waals surface area contributed by atoms with Crippen LogP contribution in [0.4, 0.5) is 0 Å². The van der Waals surface area contributed by atoms with Gasteiger partial charge in [-0.25, -0.2) is 9.59 Å². The first-order chi connectivity index (χ1) is 8.22. The summed E-state index contributed by atoms with van der Waals surface area (Å²) in [5.41, 5.74) is 1.47. The molecule has 0 bridgehead atoms. The number of hydrogen-bond acceptors (Lipinski definition) is 3. The third-order valence-corrected chi connectivity index (χ3v) is 1.15. The number of ether oxygens (including phenoxy) is 1. The summed E-state index contributed by atoms with van der Waals surface area (Å²) >= 11 is 0. The van der Waals surface area contributed by atoms with Gasteiger partial charge in [-0.3, -0.25) is 0 Å². The lowest BCUT2D eigenvalue weighted by atomic mass is 10.4. The summed E-state index contributed by atoms with van der Waals surface area (Å²) in [7, 11) is 0. The van der Waals surface area contributed by atoms with Gasteiger partial charge in [-0.15, -0.1) is 0 Å². The minimum atomic E-state index is -0.981. The molecule has 0 aromatic carbocycles. The highest BCUT2D eigenvalue weighted by Crippen LogP contribution is 1.89. The van der Waals surface area contributed by atoms with Crippen LogP contribution in [0.1, 0.15) is 20.8 Å². The van der Waals surface area contributed by atoms with Crippen molar-refractivity contribution in [2.45, 2.75) is 20.8 Å². The summed E-state index contributed by atoms with van der Waals surface area (Å²) in [6, 6.07) is 0. The fourth-order valence-electron chi connectivity index (χ4n) is 0.254. The molecule has 0 atom stereocenters. The summed E-state index contributed by atoms with van der Waals surface area (Å²) in [5, 5.41) is 7.60. The van der Waals surface area contributed by atoms with E-state index in [1.54, 1.807) is 19.9 Å². The molecule has 0 aliphatic carbocycles. The Labute approximate surface area is 109 Å². The molecular formula is C14H22O4. The largest absolute Gasteiger partial charge is 0.478 e. The molecule has 0 aliphatic rings. The normalized spacial score (nSPS) is 7.28. The lowest BCUT2D eigenvalue weighted by Gasteiger charge is -1.96. The molecule has 0 aromatic rings. The Hall–Kier alpha value is -2.10. The zero-order valence-electron chi connectivity index (χ0n) is 11.4. The molecule has 1 N–H and O–H groups in total. The van der Waals surface area contributed by atoms with Crippen LogP contribution in [0.5, 0.6) is 0 Å². The van der Waals surface area contributed by atoms with Gasteiger partial charge in [0.15, 0.2) is 0 Å². The summed E-state index contributed by atoms with van der Waals surface area (Å²) in [4.78, 5) is 19.7. The van der Waals surface area contributed by atoms with E-state index in [0.29, 0.717) is 12.2 Å². The van der Waals surface area contributed by atoms with Crippen LogP contribution in [-0.4, -0.2) is 23.7 Å². The van der Waals surface area contributed by atoms with Crippen LogP contribution in [0, 0.1) is 0 Å². The second-order valence-electron chi connectivity index (χ2n) is 3.09. The first kappa shape index (κ1) is 21.2. The van der Waals surface area contributed by atoms with Gasteiger partial charge < -0.3 is 9.84 Å². The molecule has 0 rings (SSSR count). The Kier molecular flexibility index (Phi) is 17.6. The Morgan fingerprint density at radius 1 is 1.17 bits per heavy atom. The molecule has 0 saturated heterocycles. The number of carboxylic acids is 1. The third-order valence-electron chi connectivity index (χ3n) is 1.15.